The fourth-order valence-corrected chi connectivity index (χ4v) is 6.75. The number of nitrogens with zero attached hydrogens (tertiary/aromatic N) is 2. The first kappa shape index (κ1) is 22.1. The van der Waals surface area contributed by atoms with Crippen molar-refractivity contribution in [2.24, 2.45) is 5.10 Å². The summed E-state index contributed by atoms with van der Waals surface area (Å²) in [7, 11) is 0. The quantitative estimate of drug-likeness (QED) is 0.475. The molecule has 2 aliphatic heterocycles. The van der Waals surface area contributed by atoms with Crippen LogP contribution < -0.4 is 15.1 Å². The fraction of sp³-hybridized carbons (Fsp3) is 0.417. The molecule has 164 valence electrons. The van der Waals surface area contributed by atoms with Gasteiger partial charge in [0.15, 0.2) is 6.61 Å². The number of hydrogen-bond acceptors (Lipinski definition) is 6. The number of rotatable bonds is 7. The van der Waals surface area contributed by atoms with Crippen molar-refractivity contribution >= 4 is 41.3 Å². The summed E-state index contributed by atoms with van der Waals surface area (Å²) in [5.74, 6) is 2.83. The summed E-state index contributed by atoms with van der Waals surface area (Å²) in [6.07, 6.45) is 4.23. The molecule has 2 aliphatic rings. The molecule has 0 unspecified atom stereocenters. The molecule has 2 aromatic rings. The Bertz CT molecular complexity index is 935. The molecule has 0 aromatic heterocycles. The zero-order valence-electron chi connectivity index (χ0n) is 18.1. The van der Waals surface area contributed by atoms with Crippen LogP contribution in [0.2, 0.25) is 0 Å². The highest BCUT2D eigenvalue weighted by Gasteiger charge is 2.18. The zero-order valence-corrected chi connectivity index (χ0v) is 19.7. The van der Waals surface area contributed by atoms with E-state index in [1.807, 2.05) is 35.7 Å². The van der Waals surface area contributed by atoms with E-state index in [1.165, 1.54) is 46.7 Å². The van der Waals surface area contributed by atoms with E-state index in [9.17, 15) is 4.79 Å². The highest BCUT2D eigenvalue weighted by atomic mass is 32.2. The molecular formula is C24H29N3O2S2. The maximum Gasteiger partial charge on any atom is 0.277 e. The minimum atomic E-state index is -0.273. The third kappa shape index (κ3) is 5.57. The van der Waals surface area contributed by atoms with Crippen molar-refractivity contribution in [2.45, 2.75) is 31.3 Å². The van der Waals surface area contributed by atoms with Crippen molar-refractivity contribution in [3.63, 3.8) is 0 Å². The van der Waals surface area contributed by atoms with Gasteiger partial charge in [0.05, 0.1) is 10.8 Å². The molecule has 31 heavy (non-hydrogen) atoms. The van der Waals surface area contributed by atoms with Crippen LogP contribution in [0.4, 0.5) is 5.69 Å². The molecule has 0 atom stereocenters. The second kappa shape index (κ2) is 10.5. The number of benzene rings is 2. The molecule has 5 nitrogen and oxygen atoms in total. The van der Waals surface area contributed by atoms with Gasteiger partial charge in [-0.1, -0.05) is 18.2 Å². The van der Waals surface area contributed by atoms with Gasteiger partial charge in [-0.05, 0) is 67.1 Å². The van der Waals surface area contributed by atoms with E-state index in [0.717, 1.165) is 18.7 Å². The number of hydrogen-bond donors (Lipinski definition) is 1. The molecule has 0 bridgehead atoms. The summed E-state index contributed by atoms with van der Waals surface area (Å²) in [4.78, 5) is 14.5. The number of anilines is 1. The highest BCUT2D eigenvalue weighted by Crippen LogP contribution is 2.45. The molecule has 4 rings (SSSR count). The Kier molecular flexibility index (Phi) is 7.45. The number of hydrazone groups is 1. The summed E-state index contributed by atoms with van der Waals surface area (Å²) >= 11 is 3.95. The second-order valence-electron chi connectivity index (χ2n) is 7.84. The van der Waals surface area contributed by atoms with Crippen molar-refractivity contribution in [1.82, 2.24) is 5.43 Å². The molecule has 2 fully saturated rings. The minimum absolute atomic E-state index is 0.0600. The van der Waals surface area contributed by atoms with Gasteiger partial charge >= 0.3 is 0 Å². The average molecular weight is 456 g/mol. The van der Waals surface area contributed by atoms with Crippen LogP contribution in [-0.4, -0.2) is 43.3 Å². The van der Waals surface area contributed by atoms with Crippen molar-refractivity contribution in [3.8, 4) is 5.75 Å². The van der Waals surface area contributed by atoms with E-state index in [4.69, 9.17) is 4.74 Å². The van der Waals surface area contributed by atoms with Gasteiger partial charge < -0.3 is 9.64 Å². The average Bonchev–Trinajstić information content (AvgIpc) is 3.50. The smallest absolute Gasteiger partial charge is 0.277 e. The number of ether oxygens (including phenoxy) is 1. The van der Waals surface area contributed by atoms with E-state index >= 15 is 0 Å². The molecule has 0 spiro atoms. The zero-order chi connectivity index (χ0) is 21.6. The third-order valence-corrected chi connectivity index (χ3v) is 8.89. The monoisotopic (exact) mass is 455 g/mol. The lowest BCUT2D eigenvalue weighted by molar-refractivity contribution is -0.123. The number of carbonyl (C=O) groups excluding carboxylic acids is 1. The van der Waals surface area contributed by atoms with E-state index in [-0.39, 0.29) is 12.5 Å². The van der Waals surface area contributed by atoms with E-state index in [0.29, 0.717) is 10.3 Å². The minimum Gasteiger partial charge on any atom is -0.484 e. The fourth-order valence-electron chi connectivity index (χ4n) is 3.89. The highest BCUT2D eigenvalue weighted by molar-refractivity contribution is 8.19. The number of carbonyl (C=O) groups is 1. The van der Waals surface area contributed by atoms with E-state index in [1.54, 1.807) is 6.21 Å². The standard InChI is InChI=1S/C24H29N3O2S2/c1-17-18(2)22(27-11-3-4-12-27)10-7-20(17)15-25-26-23(28)16-29-21-8-5-19(6-9-21)24-30-13-14-31-24/h5-10,15,24H,3-4,11-14,16H2,1-2H3,(H,26,28)/b25-15-. The molecule has 2 saturated heterocycles. The summed E-state index contributed by atoms with van der Waals surface area (Å²) in [6, 6.07) is 12.3. The Labute approximate surface area is 193 Å². The molecule has 0 radical (unpaired) electrons. The van der Waals surface area contributed by atoms with Crippen LogP contribution in [0.1, 0.15) is 39.7 Å². The van der Waals surface area contributed by atoms with Crippen LogP contribution in [0.25, 0.3) is 0 Å². The van der Waals surface area contributed by atoms with E-state index in [2.05, 4.69) is 53.5 Å². The number of nitrogens with one attached hydrogen (secondary N) is 1. The van der Waals surface area contributed by atoms with Gasteiger partial charge in [0.2, 0.25) is 0 Å². The molecular weight excluding hydrogens is 426 g/mol. The molecule has 1 N–H and O–H groups in total. The second-order valence-corrected chi connectivity index (χ2v) is 10.6. The molecule has 2 aromatic carbocycles. The summed E-state index contributed by atoms with van der Waals surface area (Å²) in [5, 5.41) is 4.13. The van der Waals surface area contributed by atoms with Gasteiger partial charge in [0, 0.05) is 30.3 Å². The first-order valence-electron chi connectivity index (χ1n) is 10.7. The van der Waals surface area contributed by atoms with Gasteiger partial charge in [0.25, 0.3) is 5.91 Å². The van der Waals surface area contributed by atoms with Crippen molar-refractivity contribution in [3.05, 3.63) is 58.7 Å². The number of thioether (sulfide) groups is 2. The van der Waals surface area contributed by atoms with Crippen LogP contribution in [-0.2, 0) is 4.79 Å². The summed E-state index contributed by atoms with van der Waals surface area (Å²) < 4.78 is 6.12. The first-order valence-corrected chi connectivity index (χ1v) is 12.8. The first-order chi connectivity index (χ1) is 15.1. The topological polar surface area (TPSA) is 53.9 Å². The summed E-state index contributed by atoms with van der Waals surface area (Å²) in [6.45, 7) is 6.46. The number of amides is 1. The normalized spacial score (nSPS) is 16.9. The van der Waals surface area contributed by atoms with Gasteiger partial charge in [-0.15, -0.1) is 23.5 Å². The molecule has 0 saturated carbocycles. The third-order valence-electron chi connectivity index (χ3n) is 5.78. The molecule has 7 heteroatoms. The Morgan fingerprint density at radius 3 is 2.52 bits per heavy atom. The molecule has 2 heterocycles. The lowest BCUT2D eigenvalue weighted by atomic mass is 10.0. The van der Waals surface area contributed by atoms with Crippen LogP contribution in [0.5, 0.6) is 5.75 Å². The lowest BCUT2D eigenvalue weighted by Crippen LogP contribution is -2.24. The predicted molar refractivity (Wildman–Crippen MR) is 133 cm³/mol. The van der Waals surface area contributed by atoms with Crippen LogP contribution in [0.15, 0.2) is 41.5 Å². The van der Waals surface area contributed by atoms with Gasteiger partial charge in [-0.2, -0.15) is 5.10 Å². The Morgan fingerprint density at radius 2 is 1.81 bits per heavy atom. The van der Waals surface area contributed by atoms with Gasteiger partial charge in [0.1, 0.15) is 5.75 Å². The van der Waals surface area contributed by atoms with Gasteiger partial charge in [-0.3, -0.25) is 4.79 Å². The van der Waals surface area contributed by atoms with Crippen molar-refractivity contribution in [2.75, 3.05) is 36.1 Å². The lowest BCUT2D eigenvalue weighted by Gasteiger charge is -2.22. The van der Waals surface area contributed by atoms with Crippen molar-refractivity contribution in [1.29, 1.82) is 0 Å². The van der Waals surface area contributed by atoms with Crippen LogP contribution in [0.3, 0.4) is 0 Å². The van der Waals surface area contributed by atoms with E-state index < -0.39 is 0 Å². The predicted octanol–water partition coefficient (Wildman–Crippen LogP) is 4.91. The van der Waals surface area contributed by atoms with Crippen LogP contribution >= 0.6 is 23.5 Å². The maximum absolute atomic E-state index is 12.1. The largest absolute Gasteiger partial charge is 0.484 e. The Morgan fingerprint density at radius 1 is 1.10 bits per heavy atom. The van der Waals surface area contributed by atoms with Gasteiger partial charge in [-0.25, -0.2) is 5.43 Å². The molecule has 1 amide bonds. The Balaban J connectivity index is 1.27. The van der Waals surface area contributed by atoms with Crippen molar-refractivity contribution < 1.29 is 9.53 Å². The maximum atomic E-state index is 12.1. The Hall–Kier alpha value is -2.12. The molecule has 0 aliphatic carbocycles. The SMILES string of the molecule is Cc1c(/C=N\NC(=O)COc2ccc(C3SCCS3)cc2)ccc(N2CCCC2)c1C. The van der Waals surface area contributed by atoms with Crippen LogP contribution in [0, 0.1) is 13.8 Å². The summed E-state index contributed by atoms with van der Waals surface area (Å²) in [5.41, 5.74) is 8.65.